The van der Waals surface area contributed by atoms with Crippen molar-refractivity contribution < 1.29 is 17.3 Å². The second kappa shape index (κ2) is 4.77. The van der Waals surface area contributed by atoms with E-state index in [1.807, 2.05) is 0 Å². The van der Waals surface area contributed by atoms with Crippen molar-refractivity contribution in [1.29, 1.82) is 0 Å². The van der Waals surface area contributed by atoms with Crippen LogP contribution in [0.5, 0.6) is 0 Å². The Labute approximate surface area is 115 Å². The highest BCUT2D eigenvalue weighted by Crippen LogP contribution is 2.19. The van der Waals surface area contributed by atoms with Gasteiger partial charge in [0.2, 0.25) is 10.0 Å². The van der Waals surface area contributed by atoms with Crippen LogP contribution in [-0.2, 0) is 16.6 Å². The van der Waals surface area contributed by atoms with Gasteiger partial charge >= 0.3 is 0 Å². The van der Waals surface area contributed by atoms with Gasteiger partial charge in [-0.2, -0.15) is 0 Å². The van der Waals surface area contributed by atoms with Crippen LogP contribution in [0.25, 0.3) is 11.1 Å². The second-order valence-corrected chi connectivity index (χ2v) is 6.03. The number of hydrogen-bond acceptors (Lipinski definition) is 5. The Kier molecular flexibility index (Phi) is 3.07. The predicted octanol–water partition coefficient (Wildman–Crippen LogP) is 2.21. The first-order valence-corrected chi connectivity index (χ1v) is 7.42. The number of aryl methyl sites for hydroxylation is 1. The van der Waals surface area contributed by atoms with E-state index in [1.54, 1.807) is 25.1 Å². The van der Waals surface area contributed by atoms with E-state index in [0.717, 1.165) is 0 Å². The third kappa shape index (κ3) is 2.45. The molecule has 0 amide bonds. The number of rotatable bonds is 4. The Bertz CT molecular complexity index is 835. The van der Waals surface area contributed by atoms with E-state index in [-0.39, 0.29) is 11.4 Å². The van der Waals surface area contributed by atoms with Crippen molar-refractivity contribution in [1.82, 2.24) is 9.71 Å². The fourth-order valence-corrected chi connectivity index (χ4v) is 2.86. The van der Waals surface area contributed by atoms with Gasteiger partial charge in [-0.05, 0) is 24.3 Å². The van der Waals surface area contributed by atoms with E-state index in [0.29, 0.717) is 22.8 Å². The molecule has 3 aromatic rings. The van der Waals surface area contributed by atoms with Gasteiger partial charge < -0.3 is 8.83 Å². The molecule has 0 atom stereocenters. The van der Waals surface area contributed by atoms with Gasteiger partial charge in [-0.25, -0.2) is 18.1 Å². The van der Waals surface area contributed by atoms with Crippen LogP contribution in [0.4, 0.5) is 0 Å². The predicted molar refractivity (Wildman–Crippen MR) is 71.5 cm³/mol. The lowest BCUT2D eigenvalue weighted by Crippen LogP contribution is -2.22. The molecule has 0 saturated carbocycles. The summed E-state index contributed by atoms with van der Waals surface area (Å²) in [6.07, 6.45) is 1.49. The molecule has 0 bridgehead atoms. The first-order chi connectivity index (χ1) is 9.54. The SMILES string of the molecule is Cc1nc2ccc(S(=O)(=O)NCc3ccco3)cc2o1. The van der Waals surface area contributed by atoms with Crippen LogP contribution >= 0.6 is 0 Å². The number of fused-ring (bicyclic) bond motifs is 1. The van der Waals surface area contributed by atoms with Crippen molar-refractivity contribution in [2.24, 2.45) is 0 Å². The zero-order chi connectivity index (χ0) is 14.2. The van der Waals surface area contributed by atoms with Gasteiger partial charge in [0.1, 0.15) is 11.3 Å². The van der Waals surface area contributed by atoms with Crippen LogP contribution in [0.1, 0.15) is 11.7 Å². The molecule has 1 aromatic carbocycles. The Morgan fingerprint density at radius 2 is 2.15 bits per heavy atom. The number of sulfonamides is 1. The zero-order valence-corrected chi connectivity index (χ0v) is 11.5. The van der Waals surface area contributed by atoms with Gasteiger partial charge in [-0.3, -0.25) is 0 Å². The van der Waals surface area contributed by atoms with E-state index in [1.165, 1.54) is 18.4 Å². The normalized spacial score (nSPS) is 12.1. The van der Waals surface area contributed by atoms with Gasteiger partial charge in [0, 0.05) is 13.0 Å². The molecule has 0 spiro atoms. The minimum absolute atomic E-state index is 0.100. The van der Waals surface area contributed by atoms with Crippen LogP contribution in [0.15, 0.2) is 50.3 Å². The Morgan fingerprint density at radius 1 is 1.30 bits per heavy atom. The maximum Gasteiger partial charge on any atom is 0.241 e. The molecule has 0 aliphatic carbocycles. The second-order valence-electron chi connectivity index (χ2n) is 4.27. The van der Waals surface area contributed by atoms with Crippen molar-refractivity contribution in [3.63, 3.8) is 0 Å². The summed E-state index contributed by atoms with van der Waals surface area (Å²) in [6.45, 7) is 1.81. The fraction of sp³-hybridized carbons (Fsp3) is 0.154. The molecule has 6 nitrogen and oxygen atoms in total. The molecule has 2 aromatic heterocycles. The lowest BCUT2D eigenvalue weighted by atomic mass is 10.3. The highest BCUT2D eigenvalue weighted by molar-refractivity contribution is 7.89. The summed E-state index contributed by atoms with van der Waals surface area (Å²) >= 11 is 0. The summed E-state index contributed by atoms with van der Waals surface area (Å²) in [5.41, 5.74) is 1.08. The summed E-state index contributed by atoms with van der Waals surface area (Å²) in [5.74, 6) is 1.04. The topological polar surface area (TPSA) is 85.3 Å². The molecule has 104 valence electrons. The van der Waals surface area contributed by atoms with Crippen LogP contribution < -0.4 is 4.72 Å². The highest BCUT2D eigenvalue weighted by Gasteiger charge is 2.16. The van der Waals surface area contributed by atoms with Crippen molar-refractivity contribution in [2.45, 2.75) is 18.4 Å². The maximum absolute atomic E-state index is 12.2. The monoisotopic (exact) mass is 292 g/mol. The first-order valence-electron chi connectivity index (χ1n) is 5.94. The lowest BCUT2D eigenvalue weighted by Gasteiger charge is -2.04. The minimum Gasteiger partial charge on any atom is -0.468 e. The van der Waals surface area contributed by atoms with Crippen molar-refractivity contribution in [3.05, 3.63) is 48.2 Å². The maximum atomic E-state index is 12.2. The molecule has 0 radical (unpaired) electrons. The van der Waals surface area contributed by atoms with Crippen LogP contribution in [0, 0.1) is 6.92 Å². The molecule has 2 heterocycles. The smallest absolute Gasteiger partial charge is 0.241 e. The van der Waals surface area contributed by atoms with E-state index in [4.69, 9.17) is 8.83 Å². The third-order valence-corrected chi connectivity index (χ3v) is 4.19. The van der Waals surface area contributed by atoms with Crippen LogP contribution in [0.2, 0.25) is 0 Å². The summed E-state index contributed by atoms with van der Waals surface area (Å²) < 4.78 is 37.2. The molecule has 0 aliphatic heterocycles. The number of nitrogens with one attached hydrogen (secondary N) is 1. The van der Waals surface area contributed by atoms with Gasteiger partial charge in [0.15, 0.2) is 11.5 Å². The molecule has 0 aliphatic rings. The number of nitrogens with zero attached hydrogens (tertiary/aromatic N) is 1. The van der Waals surface area contributed by atoms with Crippen molar-refractivity contribution in [3.8, 4) is 0 Å². The van der Waals surface area contributed by atoms with Crippen LogP contribution in [0.3, 0.4) is 0 Å². The van der Waals surface area contributed by atoms with Gasteiger partial charge in [0.05, 0.1) is 17.7 Å². The number of oxazole rings is 1. The molecule has 1 N–H and O–H groups in total. The quantitative estimate of drug-likeness (QED) is 0.796. The van der Waals surface area contributed by atoms with Crippen molar-refractivity contribution in [2.75, 3.05) is 0 Å². The largest absolute Gasteiger partial charge is 0.468 e. The number of aromatic nitrogens is 1. The van der Waals surface area contributed by atoms with E-state index in [9.17, 15) is 8.42 Å². The molecular formula is C13H12N2O4S. The molecule has 0 saturated heterocycles. The molecule has 3 rings (SSSR count). The summed E-state index contributed by atoms with van der Waals surface area (Å²) in [4.78, 5) is 4.26. The van der Waals surface area contributed by atoms with E-state index >= 15 is 0 Å². The first kappa shape index (κ1) is 12.9. The lowest BCUT2D eigenvalue weighted by molar-refractivity contribution is 0.498. The van der Waals surface area contributed by atoms with Gasteiger partial charge in [0.25, 0.3) is 0 Å². The summed E-state index contributed by atoms with van der Waals surface area (Å²) in [5, 5.41) is 0. The van der Waals surface area contributed by atoms with Gasteiger partial charge in [-0.15, -0.1) is 0 Å². The average Bonchev–Trinajstić information content (AvgIpc) is 3.03. The minimum atomic E-state index is -3.62. The average molecular weight is 292 g/mol. The summed E-state index contributed by atoms with van der Waals surface area (Å²) in [6, 6.07) is 7.97. The van der Waals surface area contributed by atoms with E-state index < -0.39 is 10.0 Å². The Morgan fingerprint density at radius 3 is 2.90 bits per heavy atom. The number of furan rings is 1. The summed E-state index contributed by atoms with van der Waals surface area (Å²) in [7, 11) is -3.62. The highest BCUT2D eigenvalue weighted by atomic mass is 32.2. The van der Waals surface area contributed by atoms with E-state index in [2.05, 4.69) is 9.71 Å². The third-order valence-electron chi connectivity index (χ3n) is 2.79. The van der Waals surface area contributed by atoms with Crippen LogP contribution in [-0.4, -0.2) is 13.4 Å². The standard InChI is InChI=1S/C13H12N2O4S/c1-9-15-12-5-4-11(7-13(12)19-9)20(16,17)14-8-10-3-2-6-18-10/h2-7,14H,8H2,1H3. The molecule has 20 heavy (non-hydrogen) atoms. The molecule has 7 heteroatoms. The molecule has 0 unspecified atom stereocenters. The van der Waals surface area contributed by atoms with Gasteiger partial charge in [-0.1, -0.05) is 0 Å². The number of hydrogen-bond donors (Lipinski definition) is 1. The van der Waals surface area contributed by atoms with Crippen molar-refractivity contribution >= 4 is 21.1 Å². The fourth-order valence-electron chi connectivity index (χ4n) is 1.85. The molecule has 0 fully saturated rings. The molecular weight excluding hydrogens is 280 g/mol. The number of benzene rings is 1. The Hall–Kier alpha value is -2.12. The zero-order valence-electron chi connectivity index (χ0n) is 10.7. The Balaban J connectivity index is 1.88.